The Kier molecular flexibility index (Phi) is 5.56. The minimum atomic E-state index is 0.810. The van der Waals surface area contributed by atoms with Crippen LogP contribution in [0.15, 0.2) is 35.1 Å². The summed E-state index contributed by atoms with van der Waals surface area (Å²) in [6.07, 6.45) is 2.66. The Balaban J connectivity index is 2.17. The van der Waals surface area contributed by atoms with Gasteiger partial charge in [0.1, 0.15) is 22.4 Å². The van der Waals surface area contributed by atoms with Gasteiger partial charge in [-0.15, -0.1) is 0 Å². The van der Waals surface area contributed by atoms with Crippen molar-refractivity contribution in [2.45, 2.75) is 26.8 Å². The molecule has 0 aliphatic rings. The van der Waals surface area contributed by atoms with Crippen molar-refractivity contribution in [3.63, 3.8) is 0 Å². The van der Waals surface area contributed by atoms with Gasteiger partial charge < -0.3 is 10.2 Å². The summed E-state index contributed by atoms with van der Waals surface area (Å²) in [7, 11) is 2.04. The first-order valence-electron chi connectivity index (χ1n) is 7.13. The molecule has 1 aromatic heterocycles. The molecule has 0 aliphatic heterocycles. The molecular weight excluding hydrogens is 328 g/mol. The van der Waals surface area contributed by atoms with Crippen LogP contribution in [0.3, 0.4) is 0 Å². The van der Waals surface area contributed by atoms with Gasteiger partial charge in [-0.1, -0.05) is 36.8 Å². The first-order chi connectivity index (χ1) is 10.1. The van der Waals surface area contributed by atoms with E-state index >= 15 is 0 Å². The topological polar surface area (TPSA) is 41.1 Å². The van der Waals surface area contributed by atoms with Crippen molar-refractivity contribution in [1.82, 2.24) is 9.97 Å². The Hall–Kier alpha value is -1.62. The molecule has 21 heavy (non-hydrogen) atoms. The van der Waals surface area contributed by atoms with Crippen LogP contribution in [-0.4, -0.2) is 23.6 Å². The van der Waals surface area contributed by atoms with Crippen LogP contribution in [0.5, 0.6) is 0 Å². The van der Waals surface area contributed by atoms with Gasteiger partial charge in [0.15, 0.2) is 0 Å². The van der Waals surface area contributed by atoms with Gasteiger partial charge in [-0.2, -0.15) is 0 Å². The number of nitrogens with one attached hydrogen (secondary N) is 1. The maximum atomic E-state index is 4.39. The first-order valence-corrected chi connectivity index (χ1v) is 7.92. The van der Waals surface area contributed by atoms with Crippen LogP contribution >= 0.6 is 15.9 Å². The zero-order chi connectivity index (χ0) is 15.2. The third-order valence-electron chi connectivity index (χ3n) is 3.18. The SMILES string of the molecule is CCCNc1ncnc(N(C)Cc2cccc(C)c2)c1Br. The van der Waals surface area contributed by atoms with Gasteiger partial charge in [0, 0.05) is 20.1 Å². The molecule has 0 saturated carbocycles. The smallest absolute Gasteiger partial charge is 0.148 e. The number of hydrogen-bond acceptors (Lipinski definition) is 4. The second-order valence-electron chi connectivity index (χ2n) is 5.13. The van der Waals surface area contributed by atoms with Crippen LogP contribution in [0.1, 0.15) is 24.5 Å². The third-order valence-corrected chi connectivity index (χ3v) is 3.91. The van der Waals surface area contributed by atoms with E-state index in [2.05, 4.69) is 74.2 Å². The fourth-order valence-corrected chi connectivity index (χ4v) is 2.80. The van der Waals surface area contributed by atoms with Gasteiger partial charge in [-0.05, 0) is 34.8 Å². The predicted molar refractivity (Wildman–Crippen MR) is 91.8 cm³/mol. The molecule has 5 heteroatoms. The second-order valence-corrected chi connectivity index (χ2v) is 5.92. The molecule has 0 spiro atoms. The van der Waals surface area contributed by atoms with Crippen LogP contribution in [0.2, 0.25) is 0 Å². The van der Waals surface area contributed by atoms with Crippen LogP contribution < -0.4 is 10.2 Å². The fraction of sp³-hybridized carbons (Fsp3) is 0.375. The summed E-state index contributed by atoms with van der Waals surface area (Å²) in [5.41, 5.74) is 2.54. The predicted octanol–water partition coefficient (Wildman–Crippen LogP) is 4.01. The third kappa shape index (κ3) is 4.17. The number of anilines is 2. The van der Waals surface area contributed by atoms with E-state index in [0.717, 1.165) is 35.6 Å². The van der Waals surface area contributed by atoms with Crippen molar-refractivity contribution in [3.8, 4) is 0 Å². The Morgan fingerprint density at radius 2 is 2.10 bits per heavy atom. The molecule has 0 unspecified atom stereocenters. The van der Waals surface area contributed by atoms with Crippen LogP contribution in [0.4, 0.5) is 11.6 Å². The van der Waals surface area contributed by atoms with E-state index in [-0.39, 0.29) is 0 Å². The fourth-order valence-electron chi connectivity index (χ4n) is 2.15. The highest BCUT2D eigenvalue weighted by molar-refractivity contribution is 9.10. The average Bonchev–Trinajstić information content (AvgIpc) is 2.46. The summed E-state index contributed by atoms with van der Waals surface area (Å²) >= 11 is 3.61. The molecular formula is C16H21BrN4. The second kappa shape index (κ2) is 7.41. The number of rotatable bonds is 6. The lowest BCUT2D eigenvalue weighted by molar-refractivity contribution is 0.881. The summed E-state index contributed by atoms with van der Waals surface area (Å²) in [4.78, 5) is 10.8. The average molecular weight is 349 g/mol. The van der Waals surface area contributed by atoms with Gasteiger partial charge in [-0.25, -0.2) is 9.97 Å². The summed E-state index contributed by atoms with van der Waals surface area (Å²) in [5.74, 6) is 1.74. The maximum absolute atomic E-state index is 4.39. The molecule has 4 nitrogen and oxygen atoms in total. The molecule has 2 aromatic rings. The molecule has 112 valence electrons. The van der Waals surface area contributed by atoms with E-state index in [1.807, 2.05) is 7.05 Å². The number of aryl methyl sites for hydroxylation is 1. The summed E-state index contributed by atoms with van der Waals surface area (Å²) < 4.78 is 0.911. The van der Waals surface area contributed by atoms with E-state index in [9.17, 15) is 0 Å². The molecule has 0 atom stereocenters. The van der Waals surface area contributed by atoms with E-state index in [1.165, 1.54) is 11.1 Å². The maximum Gasteiger partial charge on any atom is 0.148 e. The van der Waals surface area contributed by atoms with Crippen molar-refractivity contribution in [1.29, 1.82) is 0 Å². The van der Waals surface area contributed by atoms with Gasteiger partial charge in [0.2, 0.25) is 0 Å². The molecule has 0 aliphatic carbocycles. The zero-order valence-corrected chi connectivity index (χ0v) is 14.3. The minimum Gasteiger partial charge on any atom is -0.369 e. The van der Waals surface area contributed by atoms with Crippen molar-refractivity contribution in [2.75, 3.05) is 23.8 Å². The molecule has 0 fully saturated rings. The van der Waals surface area contributed by atoms with Crippen molar-refractivity contribution in [3.05, 3.63) is 46.2 Å². The van der Waals surface area contributed by atoms with E-state index in [4.69, 9.17) is 0 Å². The molecule has 0 amide bonds. The quantitative estimate of drug-likeness (QED) is 0.856. The lowest BCUT2D eigenvalue weighted by Gasteiger charge is -2.21. The molecule has 0 saturated heterocycles. The monoisotopic (exact) mass is 348 g/mol. The summed E-state index contributed by atoms with van der Waals surface area (Å²) in [5, 5.41) is 3.31. The largest absolute Gasteiger partial charge is 0.369 e. The van der Waals surface area contributed by atoms with Crippen molar-refractivity contribution in [2.24, 2.45) is 0 Å². The Morgan fingerprint density at radius 1 is 1.29 bits per heavy atom. The highest BCUT2D eigenvalue weighted by Crippen LogP contribution is 2.29. The van der Waals surface area contributed by atoms with Gasteiger partial charge in [0.25, 0.3) is 0 Å². The normalized spacial score (nSPS) is 10.5. The van der Waals surface area contributed by atoms with Gasteiger partial charge in [-0.3, -0.25) is 0 Å². The lowest BCUT2D eigenvalue weighted by atomic mass is 10.1. The van der Waals surface area contributed by atoms with Gasteiger partial charge in [0.05, 0.1) is 0 Å². The van der Waals surface area contributed by atoms with Crippen molar-refractivity contribution >= 4 is 27.6 Å². The number of aromatic nitrogens is 2. The van der Waals surface area contributed by atoms with Crippen LogP contribution in [0.25, 0.3) is 0 Å². The van der Waals surface area contributed by atoms with E-state index in [1.54, 1.807) is 6.33 Å². The standard InChI is InChI=1S/C16H21BrN4/c1-4-8-18-15-14(17)16(20-11-19-15)21(3)10-13-7-5-6-12(2)9-13/h5-7,9,11H,4,8,10H2,1-3H3,(H,18,19,20). The van der Waals surface area contributed by atoms with Crippen LogP contribution in [0, 0.1) is 6.92 Å². The number of nitrogens with zero attached hydrogens (tertiary/aromatic N) is 3. The van der Waals surface area contributed by atoms with E-state index in [0.29, 0.717) is 0 Å². The summed E-state index contributed by atoms with van der Waals surface area (Å²) in [6, 6.07) is 8.52. The number of hydrogen-bond donors (Lipinski definition) is 1. The minimum absolute atomic E-state index is 0.810. The lowest BCUT2D eigenvalue weighted by Crippen LogP contribution is -2.19. The molecule has 2 rings (SSSR count). The zero-order valence-electron chi connectivity index (χ0n) is 12.7. The highest BCUT2D eigenvalue weighted by Gasteiger charge is 2.12. The first kappa shape index (κ1) is 15.8. The Morgan fingerprint density at radius 3 is 2.81 bits per heavy atom. The molecule has 1 heterocycles. The summed E-state index contributed by atoms with van der Waals surface area (Å²) in [6.45, 7) is 5.95. The molecule has 0 radical (unpaired) electrons. The number of halogens is 1. The molecule has 1 N–H and O–H groups in total. The Labute approximate surface area is 134 Å². The van der Waals surface area contributed by atoms with E-state index < -0.39 is 0 Å². The Bertz CT molecular complexity index is 601. The molecule has 1 aromatic carbocycles. The molecule has 0 bridgehead atoms. The van der Waals surface area contributed by atoms with Crippen LogP contribution in [-0.2, 0) is 6.54 Å². The van der Waals surface area contributed by atoms with Gasteiger partial charge >= 0.3 is 0 Å². The highest BCUT2D eigenvalue weighted by atomic mass is 79.9. The van der Waals surface area contributed by atoms with Crippen molar-refractivity contribution < 1.29 is 0 Å². The number of benzene rings is 1.